The SMILES string of the molecule is NC(=S)CS(=O)(=O)CC(=O)OC1CCCC1. The zero-order chi connectivity index (χ0) is 12.2. The van der Waals surface area contributed by atoms with Gasteiger partial charge >= 0.3 is 5.97 Å². The lowest BCUT2D eigenvalue weighted by Crippen LogP contribution is -2.29. The Morgan fingerprint density at radius 3 is 2.38 bits per heavy atom. The van der Waals surface area contributed by atoms with Crippen molar-refractivity contribution in [3.8, 4) is 0 Å². The van der Waals surface area contributed by atoms with Gasteiger partial charge in [-0.15, -0.1) is 0 Å². The molecule has 5 nitrogen and oxygen atoms in total. The highest BCUT2D eigenvalue weighted by atomic mass is 32.2. The van der Waals surface area contributed by atoms with E-state index >= 15 is 0 Å². The van der Waals surface area contributed by atoms with E-state index in [-0.39, 0.29) is 11.1 Å². The van der Waals surface area contributed by atoms with E-state index in [4.69, 9.17) is 10.5 Å². The number of carbonyl (C=O) groups excluding carboxylic acids is 1. The number of sulfone groups is 1. The van der Waals surface area contributed by atoms with E-state index < -0.39 is 27.3 Å². The van der Waals surface area contributed by atoms with E-state index in [9.17, 15) is 13.2 Å². The molecular formula is C9H15NO4S2. The second kappa shape index (κ2) is 5.58. The van der Waals surface area contributed by atoms with Crippen molar-refractivity contribution in [2.24, 2.45) is 5.73 Å². The predicted molar refractivity (Wildman–Crippen MR) is 63.8 cm³/mol. The van der Waals surface area contributed by atoms with Crippen molar-refractivity contribution >= 4 is 33.0 Å². The summed E-state index contributed by atoms with van der Waals surface area (Å²) < 4.78 is 27.7. The molecule has 0 amide bonds. The summed E-state index contributed by atoms with van der Waals surface area (Å²) >= 11 is 4.49. The summed E-state index contributed by atoms with van der Waals surface area (Å²) in [5.41, 5.74) is 5.12. The second-order valence-corrected chi connectivity index (χ2v) is 6.48. The summed E-state index contributed by atoms with van der Waals surface area (Å²) in [6, 6.07) is 0. The molecule has 0 unspecified atom stereocenters. The molecule has 0 aromatic rings. The molecule has 2 N–H and O–H groups in total. The van der Waals surface area contributed by atoms with Gasteiger partial charge in [-0.1, -0.05) is 12.2 Å². The minimum atomic E-state index is -3.56. The van der Waals surface area contributed by atoms with Gasteiger partial charge in [0, 0.05) is 0 Å². The fourth-order valence-electron chi connectivity index (χ4n) is 1.67. The Morgan fingerprint density at radius 1 is 1.31 bits per heavy atom. The minimum Gasteiger partial charge on any atom is -0.462 e. The average molecular weight is 265 g/mol. The van der Waals surface area contributed by atoms with Crippen LogP contribution in [0, 0.1) is 0 Å². The van der Waals surface area contributed by atoms with Crippen LogP contribution >= 0.6 is 12.2 Å². The quantitative estimate of drug-likeness (QED) is 0.563. The Labute approximate surface area is 100 Å². The highest BCUT2D eigenvalue weighted by Crippen LogP contribution is 2.21. The minimum absolute atomic E-state index is 0.118. The molecule has 0 atom stereocenters. The smallest absolute Gasteiger partial charge is 0.321 e. The number of thiocarbonyl (C=S) groups is 1. The maximum absolute atomic E-state index is 11.4. The third-order valence-corrected chi connectivity index (χ3v) is 4.05. The summed E-state index contributed by atoms with van der Waals surface area (Å²) in [7, 11) is -3.56. The molecule has 1 fully saturated rings. The summed E-state index contributed by atoms with van der Waals surface area (Å²) in [6.07, 6.45) is 3.57. The van der Waals surface area contributed by atoms with Crippen LogP contribution in [0.5, 0.6) is 0 Å². The molecule has 0 aromatic carbocycles. The van der Waals surface area contributed by atoms with Crippen LogP contribution in [-0.2, 0) is 19.4 Å². The Morgan fingerprint density at radius 2 is 1.88 bits per heavy atom. The Bertz CT molecular complexity index is 371. The Kier molecular flexibility index (Phi) is 4.67. The first-order chi connectivity index (χ1) is 7.39. The maximum atomic E-state index is 11.4. The molecule has 0 aliphatic heterocycles. The molecule has 1 aliphatic rings. The van der Waals surface area contributed by atoms with Gasteiger partial charge in [0.1, 0.15) is 17.6 Å². The fourth-order valence-corrected chi connectivity index (χ4v) is 3.17. The normalized spacial score (nSPS) is 17.2. The summed E-state index contributed by atoms with van der Waals surface area (Å²) in [5.74, 6) is -1.79. The topological polar surface area (TPSA) is 86.5 Å². The van der Waals surface area contributed by atoms with Crippen LogP contribution in [0.25, 0.3) is 0 Å². The van der Waals surface area contributed by atoms with Crippen LogP contribution in [0.4, 0.5) is 0 Å². The van der Waals surface area contributed by atoms with E-state index in [0.29, 0.717) is 0 Å². The zero-order valence-corrected chi connectivity index (χ0v) is 10.5. The first-order valence-electron chi connectivity index (χ1n) is 5.07. The Balaban J connectivity index is 2.41. The molecule has 1 aliphatic carbocycles. The number of hydrogen-bond donors (Lipinski definition) is 1. The van der Waals surface area contributed by atoms with Gasteiger partial charge in [0.15, 0.2) is 9.84 Å². The highest BCUT2D eigenvalue weighted by molar-refractivity contribution is 7.94. The number of carbonyl (C=O) groups is 1. The number of hydrogen-bond acceptors (Lipinski definition) is 5. The predicted octanol–water partition coefficient (Wildman–Crippen LogP) is 0.173. The van der Waals surface area contributed by atoms with Gasteiger partial charge in [-0.25, -0.2) is 8.42 Å². The van der Waals surface area contributed by atoms with Gasteiger partial charge in [-0.2, -0.15) is 0 Å². The van der Waals surface area contributed by atoms with Crippen molar-refractivity contribution in [3.63, 3.8) is 0 Å². The molecule has 1 rings (SSSR count). The molecule has 16 heavy (non-hydrogen) atoms. The first kappa shape index (κ1) is 13.4. The van der Waals surface area contributed by atoms with Crippen molar-refractivity contribution < 1.29 is 17.9 Å². The van der Waals surface area contributed by atoms with E-state index in [1.54, 1.807) is 0 Å². The van der Waals surface area contributed by atoms with Crippen molar-refractivity contribution in [2.75, 3.05) is 11.5 Å². The van der Waals surface area contributed by atoms with E-state index in [0.717, 1.165) is 25.7 Å². The van der Waals surface area contributed by atoms with Crippen molar-refractivity contribution in [2.45, 2.75) is 31.8 Å². The molecule has 0 spiro atoms. The number of ether oxygens (including phenoxy) is 1. The van der Waals surface area contributed by atoms with Crippen LogP contribution < -0.4 is 5.73 Å². The fraction of sp³-hybridized carbons (Fsp3) is 0.778. The molecule has 0 saturated heterocycles. The molecule has 0 radical (unpaired) electrons. The lowest BCUT2D eigenvalue weighted by molar-refractivity contribution is -0.145. The summed E-state index contributed by atoms with van der Waals surface area (Å²) in [6.45, 7) is 0. The molecule has 0 bridgehead atoms. The van der Waals surface area contributed by atoms with Crippen molar-refractivity contribution in [1.29, 1.82) is 0 Å². The van der Waals surface area contributed by atoms with E-state index in [2.05, 4.69) is 12.2 Å². The molecule has 1 saturated carbocycles. The first-order valence-corrected chi connectivity index (χ1v) is 7.30. The van der Waals surface area contributed by atoms with Crippen LogP contribution in [0.1, 0.15) is 25.7 Å². The van der Waals surface area contributed by atoms with E-state index in [1.165, 1.54) is 0 Å². The van der Waals surface area contributed by atoms with Crippen LogP contribution in [-0.4, -0.2) is 37.0 Å². The lowest BCUT2D eigenvalue weighted by Gasteiger charge is -2.11. The number of esters is 1. The van der Waals surface area contributed by atoms with Crippen LogP contribution in [0.15, 0.2) is 0 Å². The Hall–Kier alpha value is -0.690. The van der Waals surface area contributed by atoms with Gasteiger partial charge in [0.05, 0.1) is 4.99 Å². The van der Waals surface area contributed by atoms with Gasteiger partial charge < -0.3 is 10.5 Å². The third-order valence-electron chi connectivity index (χ3n) is 2.30. The van der Waals surface area contributed by atoms with Crippen molar-refractivity contribution in [1.82, 2.24) is 0 Å². The number of nitrogens with two attached hydrogens (primary N) is 1. The molecule has 92 valence electrons. The molecule has 0 heterocycles. The van der Waals surface area contributed by atoms with Gasteiger partial charge in [0.2, 0.25) is 0 Å². The molecule has 0 aromatic heterocycles. The molecular weight excluding hydrogens is 250 g/mol. The molecule has 7 heteroatoms. The van der Waals surface area contributed by atoms with Crippen LogP contribution in [0.2, 0.25) is 0 Å². The summed E-state index contributed by atoms with van der Waals surface area (Å²) in [5, 5.41) is 0. The second-order valence-electron chi connectivity index (χ2n) is 3.89. The van der Waals surface area contributed by atoms with Gasteiger partial charge in [0.25, 0.3) is 0 Å². The van der Waals surface area contributed by atoms with E-state index in [1.807, 2.05) is 0 Å². The third kappa shape index (κ3) is 4.89. The highest BCUT2D eigenvalue weighted by Gasteiger charge is 2.23. The number of rotatable bonds is 5. The largest absolute Gasteiger partial charge is 0.462 e. The zero-order valence-electron chi connectivity index (χ0n) is 8.85. The van der Waals surface area contributed by atoms with Gasteiger partial charge in [-0.05, 0) is 25.7 Å². The average Bonchev–Trinajstić information content (AvgIpc) is 2.51. The monoisotopic (exact) mass is 265 g/mol. The maximum Gasteiger partial charge on any atom is 0.321 e. The standard InChI is InChI=1S/C9H15NO4S2/c10-8(15)5-16(12,13)6-9(11)14-7-3-1-2-4-7/h7H,1-6H2,(H2,10,15). The van der Waals surface area contributed by atoms with Gasteiger partial charge in [-0.3, -0.25) is 4.79 Å². The lowest BCUT2D eigenvalue weighted by atomic mass is 10.3. The van der Waals surface area contributed by atoms with Crippen molar-refractivity contribution in [3.05, 3.63) is 0 Å². The summed E-state index contributed by atoms with van der Waals surface area (Å²) in [4.78, 5) is 11.2. The van der Waals surface area contributed by atoms with Crippen LogP contribution in [0.3, 0.4) is 0 Å².